The Morgan fingerprint density at radius 2 is 2.00 bits per heavy atom. The van der Waals surface area contributed by atoms with Gasteiger partial charge in [0.05, 0.1) is 12.8 Å². The Bertz CT molecular complexity index is 754. The van der Waals surface area contributed by atoms with Crippen molar-refractivity contribution >= 4 is 23.2 Å². The van der Waals surface area contributed by atoms with Gasteiger partial charge in [-0.1, -0.05) is 23.3 Å². The molecule has 0 aromatic heterocycles. The van der Waals surface area contributed by atoms with E-state index in [1.54, 1.807) is 20.8 Å². The van der Waals surface area contributed by atoms with Gasteiger partial charge in [0.1, 0.15) is 11.8 Å². The average Bonchev–Trinajstić information content (AvgIpc) is 2.74. The van der Waals surface area contributed by atoms with Crippen molar-refractivity contribution in [3.63, 3.8) is 0 Å². The number of carboxylic acid groups (broad SMARTS) is 1. The molecule has 29 heavy (non-hydrogen) atoms. The summed E-state index contributed by atoms with van der Waals surface area (Å²) in [6.07, 6.45) is 0.810. The van der Waals surface area contributed by atoms with Crippen LogP contribution in [0, 0.1) is 11.6 Å². The lowest BCUT2D eigenvalue weighted by Crippen LogP contribution is -2.57. The van der Waals surface area contributed by atoms with E-state index < -0.39 is 52.3 Å². The van der Waals surface area contributed by atoms with Crippen molar-refractivity contribution in [3.8, 4) is 0 Å². The highest BCUT2D eigenvalue weighted by molar-refractivity contribution is 7.90. The van der Waals surface area contributed by atoms with Gasteiger partial charge in [0.25, 0.3) is 0 Å². The fourth-order valence-corrected chi connectivity index (χ4v) is 4.28. The lowest BCUT2D eigenvalue weighted by molar-refractivity contribution is -0.137. The zero-order chi connectivity index (χ0) is 21.9. The van der Waals surface area contributed by atoms with Crippen LogP contribution in [0.4, 0.5) is 13.6 Å². The standard InChI is InChI=1S/C20H28F2N2O4S/c1-20(2,3)24(19(26)27)16-9-8-13(14-6-5-7-15(21)17(14)22)12-23(18(16)25)10-11-29(4)28/h5-7,13,16H,8-12H2,1-4H3,(H,26,27)/t13-,16-,29?/m1/s1. The van der Waals surface area contributed by atoms with Crippen LogP contribution in [-0.4, -0.2) is 68.1 Å². The molecule has 2 amide bonds. The van der Waals surface area contributed by atoms with Crippen LogP contribution in [0.2, 0.25) is 0 Å². The van der Waals surface area contributed by atoms with Gasteiger partial charge < -0.3 is 14.6 Å². The Morgan fingerprint density at radius 1 is 1.34 bits per heavy atom. The van der Waals surface area contributed by atoms with Crippen molar-refractivity contribution in [1.82, 2.24) is 9.80 Å². The predicted octanol–water partition coefficient (Wildman–Crippen LogP) is 3.20. The van der Waals surface area contributed by atoms with Crippen LogP contribution in [0.3, 0.4) is 0 Å². The first-order valence-electron chi connectivity index (χ1n) is 9.48. The summed E-state index contributed by atoms with van der Waals surface area (Å²) in [5.74, 6) is -2.57. The Balaban J connectivity index is 2.42. The van der Waals surface area contributed by atoms with Gasteiger partial charge in [-0.05, 0) is 45.2 Å². The summed E-state index contributed by atoms with van der Waals surface area (Å²) in [5.41, 5.74) is -0.659. The highest BCUT2D eigenvalue weighted by Crippen LogP contribution is 2.33. The molecule has 0 saturated carbocycles. The minimum atomic E-state index is -1.22. The number of likely N-dealkylation sites (tertiary alicyclic amines) is 1. The Hall–Kier alpha value is -1.87. The van der Waals surface area contributed by atoms with E-state index in [-0.39, 0.29) is 30.8 Å². The first-order valence-corrected chi connectivity index (χ1v) is 11.2. The van der Waals surface area contributed by atoms with Crippen molar-refractivity contribution in [2.24, 2.45) is 0 Å². The fraction of sp³-hybridized carbons (Fsp3) is 0.600. The third-order valence-corrected chi connectivity index (χ3v) is 5.89. The molecule has 6 nitrogen and oxygen atoms in total. The molecule has 1 aromatic rings. The van der Waals surface area contributed by atoms with Gasteiger partial charge in [-0.25, -0.2) is 13.6 Å². The van der Waals surface area contributed by atoms with E-state index in [9.17, 15) is 28.0 Å². The summed E-state index contributed by atoms with van der Waals surface area (Å²) in [5, 5.41) is 9.74. The molecule has 0 radical (unpaired) electrons. The van der Waals surface area contributed by atoms with E-state index in [0.717, 1.165) is 11.0 Å². The van der Waals surface area contributed by atoms with Crippen LogP contribution < -0.4 is 0 Å². The number of benzene rings is 1. The van der Waals surface area contributed by atoms with Crippen LogP contribution >= 0.6 is 0 Å². The molecule has 9 heteroatoms. The fourth-order valence-electron chi connectivity index (χ4n) is 3.80. The van der Waals surface area contributed by atoms with Gasteiger partial charge in [-0.3, -0.25) is 9.69 Å². The molecule has 1 N–H and O–H groups in total. The highest BCUT2D eigenvalue weighted by Gasteiger charge is 2.42. The van der Waals surface area contributed by atoms with E-state index >= 15 is 0 Å². The number of carbonyl (C=O) groups is 2. The van der Waals surface area contributed by atoms with Crippen LogP contribution in [0.5, 0.6) is 0 Å². The second kappa shape index (κ2) is 9.30. The lowest BCUT2D eigenvalue weighted by atomic mass is 9.92. The summed E-state index contributed by atoms with van der Waals surface area (Å²) in [6, 6.07) is 3.00. The first-order chi connectivity index (χ1) is 13.4. The van der Waals surface area contributed by atoms with Crippen LogP contribution in [-0.2, 0) is 16.0 Å². The van der Waals surface area contributed by atoms with Gasteiger partial charge >= 0.3 is 6.09 Å². The number of hydrogen-bond acceptors (Lipinski definition) is 3. The normalized spacial score (nSPS) is 21.6. The molecule has 1 aliphatic heterocycles. The zero-order valence-electron chi connectivity index (χ0n) is 17.2. The summed E-state index contributed by atoms with van der Waals surface area (Å²) in [7, 11) is 0. The number of carbonyl (C=O) groups excluding carboxylic acids is 1. The van der Waals surface area contributed by atoms with E-state index in [1.807, 2.05) is 0 Å². The van der Waals surface area contributed by atoms with Crippen molar-refractivity contribution in [2.45, 2.75) is 51.1 Å². The average molecular weight is 431 g/mol. The molecule has 1 fully saturated rings. The van der Waals surface area contributed by atoms with Crippen molar-refractivity contribution in [3.05, 3.63) is 35.4 Å². The second-order valence-electron chi connectivity index (χ2n) is 8.32. The maximum atomic E-state index is 14.4. The van der Waals surface area contributed by atoms with E-state index in [0.29, 0.717) is 6.42 Å². The highest BCUT2D eigenvalue weighted by atomic mass is 32.2. The lowest BCUT2D eigenvalue weighted by Gasteiger charge is -2.39. The summed E-state index contributed by atoms with van der Waals surface area (Å²) in [6.45, 7) is 5.38. The molecule has 162 valence electrons. The minimum Gasteiger partial charge on any atom is -0.617 e. The summed E-state index contributed by atoms with van der Waals surface area (Å²) < 4.78 is 39.7. The van der Waals surface area contributed by atoms with Gasteiger partial charge in [0.15, 0.2) is 11.6 Å². The number of nitrogens with zero attached hydrogens (tertiary/aromatic N) is 2. The number of halogens is 2. The SMILES string of the molecule is C[S+]([O-])CCN1C[C@H](c2cccc(F)c2F)CC[C@@H](N(C(=O)O)C(C)(C)C)C1=O. The zero-order valence-corrected chi connectivity index (χ0v) is 18.0. The number of amides is 2. The monoisotopic (exact) mass is 430 g/mol. The number of rotatable bonds is 5. The first kappa shape index (κ1) is 23.4. The van der Waals surface area contributed by atoms with Gasteiger partial charge in [0, 0.05) is 18.0 Å². The second-order valence-corrected chi connectivity index (χ2v) is 9.87. The molecular formula is C20H28F2N2O4S. The van der Waals surface area contributed by atoms with Crippen molar-refractivity contribution in [1.29, 1.82) is 0 Å². The smallest absolute Gasteiger partial charge is 0.408 e. The quantitative estimate of drug-likeness (QED) is 0.727. The third-order valence-electron chi connectivity index (χ3n) is 5.14. The van der Waals surface area contributed by atoms with Gasteiger partial charge in [0.2, 0.25) is 5.91 Å². The molecule has 0 spiro atoms. The topological polar surface area (TPSA) is 83.9 Å². The van der Waals surface area contributed by atoms with Crippen molar-refractivity contribution in [2.75, 3.05) is 25.1 Å². The Labute approximate surface area is 173 Å². The molecule has 3 atom stereocenters. The van der Waals surface area contributed by atoms with Crippen molar-refractivity contribution < 1.29 is 28.0 Å². The maximum absolute atomic E-state index is 14.4. The Morgan fingerprint density at radius 3 is 2.55 bits per heavy atom. The molecule has 1 unspecified atom stereocenters. The van der Waals surface area contributed by atoms with Gasteiger partial charge in [-0.15, -0.1) is 0 Å². The summed E-state index contributed by atoms with van der Waals surface area (Å²) >= 11 is -1.16. The predicted molar refractivity (Wildman–Crippen MR) is 107 cm³/mol. The van der Waals surface area contributed by atoms with E-state index in [2.05, 4.69) is 0 Å². The maximum Gasteiger partial charge on any atom is 0.408 e. The largest absolute Gasteiger partial charge is 0.617 e. The molecular weight excluding hydrogens is 402 g/mol. The molecule has 1 saturated heterocycles. The molecule has 2 rings (SSSR count). The molecule has 0 aliphatic carbocycles. The minimum absolute atomic E-state index is 0.116. The van der Waals surface area contributed by atoms with E-state index in [1.165, 1.54) is 23.3 Å². The molecule has 1 aliphatic rings. The van der Waals surface area contributed by atoms with Crippen LogP contribution in [0.25, 0.3) is 0 Å². The van der Waals surface area contributed by atoms with Crippen LogP contribution in [0.1, 0.15) is 45.1 Å². The van der Waals surface area contributed by atoms with E-state index in [4.69, 9.17) is 0 Å². The van der Waals surface area contributed by atoms with Crippen LogP contribution in [0.15, 0.2) is 18.2 Å². The Kier molecular flexibility index (Phi) is 7.50. The molecule has 1 aromatic carbocycles. The number of hydrogen-bond donors (Lipinski definition) is 1. The third kappa shape index (κ3) is 5.60. The summed E-state index contributed by atoms with van der Waals surface area (Å²) in [4.78, 5) is 27.7. The molecule has 0 bridgehead atoms. The van der Waals surface area contributed by atoms with Gasteiger partial charge in [-0.2, -0.15) is 0 Å². The molecule has 1 heterocycles.